The molecule has 1 amide bonds. The average Bonchev–Trinajstić information content (AvgIpc) is 2.48. The molecule has 19 heavy (non-hydrogen) atoms. The molecule has 0 radical (unpaired) electrons. The minimum absolute atomic E-state index is 0.0905. The Morgan fingerprint density at radius 1 is 1.16 bits per heavy atom. The Hall–Kier alpha value is -1.87. The zero-order valence-corrected chi connectivity index (χ0v) is 10.9. The van der Waals surface area contributed by atoms with E-state index in [0.717, 1.165) is 42.4 Å². The number of hydrogen-bond donors (Lipinski definition) is 2. The molecular weight excluding hydrogens is 236 g/mol. The number of piperidine rings is 1. The smallest absolute Gasteiger partial charge is 0.228 e. The maximum absolute atomic E-state index is 12.3. The molecule has 1 saturated heterocycles. The normalized spacial score (nSPS) is 19.3. The van der Waals surface area contributed by atoms with E-state index in [4.69, 9.17) is 0 Å². The number of amides is 1. The van der Waals surface area contributed by atoms with Crippen LogP contribution < -0.4 is 10.6 Å². The molecule has 0 unspecified atom stereocenters. The second-order valence-corrected chi connectivity index (χ2v) is 5.06. The SMILES string of the molecule is O=C(Nc1cccc2ccccc12)[C@H]1CCCNC1. The minimum Gasteiger partial charge on any atom is -0.325 e. The topological polar surface area (TPSA) is 41.1 Å². The molecule has 2 N–H and O–H groups in total. The third-order valence-electron chi connectivity index (χ3n) is 3.72. The zero-order valence-electron chi connectivity index (χ0n) is 10.9. The van der Waals surface area contributed by atoms with Gasteiger partial charge in [-0.3, -0.25) is 4.79 Å². The number of fused-ring (bicyclic) bond motifs is 1. The molecule has 1 atom stereocenters. The predicted octanol–water partition coefficient (Wildman–Crippen LogP) is 2.78. The van der Waals surface area contributed by atoms with Crippen LogP contribution in [0, 0.1) is 5.92 Å². The highest BCUT2D eigenvalue weighted by atomic mass is 16.1. The van der Waals surface area contributed by atoms with Gasteiger partial charge in [-0.25, -0.2) is 0 Å². The summed E-state index contributed by atoms with van der Waals surface area (Å²) in [5.41, 5.74) is 0.911. The van der Waals surface area contributed by atoms with Crippen LogP contribution in [-0.2, 0) is 4.79 Å². The second-order valence-electron chi connectivity index (χ2n) is 5.06. The van der Waals surface area contributed by atoms with E-state index in [-0.39, 0.29) is 11.8 Å². The van der Waals surface area contributed by atoms with Crippen LogP contribution in [0.15, 0.2) is 42.5 Å². The molecule has 3 rings (SSSR count). The van der Waals surface area contributed by atoms with Crippen LogP contribution in [0.3, 0.4) is 0 Å². The first-order valence-electron chi connectivity index (χ1n) is 6.84. The van der Waals surface area contributed by atoms with Crippen molar-refractivity contribution >= 4 is 22.4 Å². The number of hydrogen-bond acceptors (Lipinski definition) is 2. The number of carbonyl (C=O) groups is 1. The van der Waals surface area contributed by atoms with E-state index >= 15 is 0 Å². The molecule has 0 aliphatic carbocycles. The van der Waals surface area contributed by atoms with Gasteiger partial charge in [-0.05, 0) is 30.8 Å². The molecule has 0 bridgehead atoms. The summed E-state index contributed by atoms with van der Waals surface area (Å²) in [4.78, 5) is 12.3. The van der Waals surface area contributed by atoms with Crippen molar-refractivity contribution in [3.8, 4) is 0 Å². The van der Waals surface area contributed by atoms with Crippen molar-refractivity contribution in [2.45, 2.75) is 12.8 Å². The number of anilines is 1. The molecule has 0 aromatic heterocycles. The van der Waals surface area contributed by atoms with E-state index in [2.05, 4.69) is 22.8 Å². The van der Waals surface area contributed by atoms with E-state index < -0.39 is 0 Å². The van der Waals surface area contributed by atoms with Gasteiger partial charge in [-0.15, -0.1) is 0 Å². The van der Waals surface area contributed by atoms with Gasteiger partial charge >= 0.3 is 0 Å². The number of nitrogens with one attached hydrogen (secondary N) is 2. The molecule has 2 aromatic carbocycles. The number of rotatable bonds is 2. The van der Waals surface area contributed by atoms with Gasteiger partial charge < -0.3 is 10.6 Å². The lowest BCUT2D eigenvalue weighted by atomic mass is 9.98. The van der Waals surface area contributed by atoms with Crippen molar-refractivity contribution in [2.24, 2.45) is 5.92 Å². The van der Waals surface area contributed by atoms with Gasteiger partial charge in [-0.2, -0.15) is 0 Å². The van der Waals surface area contributed by atoms with Gasteiger partial charge in [0.15, 0.2) is 0 Å². The van der Waals surface area contributed by atoms with E-state index in [1.165, 1.54) is 0 Å². The van der Waals surface area contributed by atoms with Gasteiger partial charge in [0.1, 0.15) is 0 Å². The maximum atomic E-state index is 12.3. The number of carbonyl (C=O) groups excluding carboxylic acids is 1. The lowest BCUT2D eigenvalue weighted by Gasteiger charge is -2.22. The minimum atomic E-state index is 0.0905. The molecule has 0 spiro atoms. The highest BCUT2D eigenvalue weighted by Gasteiger charge is 2.21. The fourth-order valence-corrected chi connectivity index (χ4v) is 2.64. The van der Waals surface area contributed by atoms with Gasteiger partial charge in [0.2, 0.25) is 5.91 Å². The molecule has 3 nitrogen and oxygen atoms in total. The molecule has 2 aromatic rings. The van der Waals surface area contributed by atoms with Crippen LogP contribution >= 0.6 is 0 Å². The van der Waals surface area contributed by atoms with Crippen molar-refractivity contribution < 1.29 is 4.79 Å². The third kappa shape index (κ3) is 2.61. The monoisotopic (exact) mass is 254 g/mol. The number of benzene rings is 2. The summed E-state index contributed by atoms with van der Waals surface area (Å²) in [5, 5.41) is 8.61. The first-order chi connectivity index (χ1) is 9.34. The first kappa shape index (κ1) is 12.2. The lowest BCUT2D eigenvalue weighted by molar-refractivity contribution is -0.120. The molecule has 1 heterocycles. The van der Waals surface area contributed by atoms with E-state index in [1.54, 1.807) is 0 Å². The van der Waals surface area contributed by atoms with E-state index in [0.29, 0.717) is 0 Å². The Morgan fingerprint density at radius 2 is 2.00 bits per heavy atom. The van der Waals surface area contributed by atoms with Gasteiger partial charge in [0, 0.05) is 17.6 Å². The van der Waals surface area contributed by atoms with Crippen LogP contribution in [0.1, 0.15) is 12.8 Å². The largest absolute Gasteiger partial charge is 0.325 e. The summed E-state index contributed by atoms with van der Waals surface area (Å²) in [7, 11) is 0. The van der Waals surface area contributed by atoms with E-state index in [1.807, 2.05) is 30.3 Å². The summed E-state index contributed by atoms with van der Waals surface area (Å²) in [6.45, 7) is 1.81. The van der Waals surface area contributed by atoms with Crippen molar-refractivity contribution in [2.75, 3.05) is 18.4 Å². The third-order valence-corrected chi connectivity index (χ3v) is 3.72. The Bertz CT molecular complexity index is 583. The van der Waals surface area contributed by atoms with Gasteiger partial charge in [0.25, 0.3) is 0 Å². The van der Waals surface area contributed by atoms with Crippen LogP contribution in [0.5, 0.6) is 0 Å². The molecule has 1 fully saturated rings. The summed E-state index contributed by atoms with van der Waals surface area (Å²) in [6.07, 6.45) is 2.05. The lowest BCUT2D eigenvalue weighted by Crippen LogP contribution is -2.37. The van der Waals surface area contributed by atoms with Crippen LogP contribution in [0.4, 0.5) is 5.69 Å². The van der Waals surface area contributed by atoms with Gasteiger partial charge in [0.05, 0.1) is 5.92 Å². The Kier molecular flexibility index (Phi) is 3.47. The van der Waals surface area contributed by atoms with Crippen LogP contribution in [-0.4, -0.2) is 19.0 Å². The van der Waals surface area contributed by atoms with Crippen LogP contribution in [0.25, 0.3) is 10.8 Å². The second kappa shape index (κ2) is 5.41. The quantitative estimate of drug-likeness (QED) is 0.865. The predicted molar refractivity (Wildman–Crippen MR) is 78.2 cm³/mol. The Labute approximate surface area is 113 Å². The maximum Gasteiger partial charge on any atom is 0.228 e. The van der Waals surface area contributed by atoms with Gasteiger partial charge in [-0.1, -0.05) is 36.4 Å². The molecule has 3 heteroatoms. The standard InChI is InChI=1S/C16H18N2O/c19-16(13-7-4-10-17-11-13)18-15-9-3-6-12-5-1-2-8-14(12)15/h1-3,5-6,8-9,13,17H,4,7,10-11H2,(H,18,19)/t13-/m0/s1. The summed E-state index contributed by atoms with van der Waals surface area (Å²) in [5.74, 6) is 0.219. The summed E-state index contributed by atoms with van der Waals surface area (Å²) in [6, 6.07) is 14.1. The van der Waals surface area contributed by atoms with Crippen molar-refractivity contribution in [3.63, 3.8) is 0 Å². The fourth-order valence-electron chi connectivity index (χ4n) is 2.64. The van der Waals surface area contributed by atoms with Crippen molar-refractivity contribution in [3.05, 3.63) is 42.5 Å². The highest BCUT2D eigenvalue weighted by Crippen LogP contribution is 2.24. The van der Waals surface area contributed by atoms with Crippen molar-refractivity contribution in [1.29, 1.82) is 0 Å². The molecule has 1 aliphatic heterocycles. The summed E-state index contributed by atoms with van der Waals surface area (Å²) < 4.78 is 0. The van der Waals surface area contributed by atoms with Crippen LogP contribution in [0.2, 0.25) is 0 Å². The van der Waals surface area contributed by atoms with E-state index in [9.17, 15) is 4.79 Å². The molecule has 0 saturated carbocycles. The Morgan fingerprint density at radius 3 is 2.84 bits per heavy atom. The zero-order chi connectivity index (χ0) is 13.1. The average molecular weight is 254 g/mol. The Balaban J connectivity index is 1.82. The molecule has 1 aliphatic rings. The highest BCUT2D eigenvalue weighted by molar-refractivity contribution is 6.02. The first-order valence-corrected chi connectivity index (χ1v) is 6.84. The fraction of sp³-hybridized carbons (Fsp3) is 0.312. The summed E-state index contributed by atoms with van der Waals surface area (Å²) >= 11 is 0. The molecule has 98 valence electrons. The molecular formula is C16H18N2O. The van der Waals surface area contributed by atoms with Crippen molar-refractivity contribution in [1.82, 2.24) is 5.32 Å².